The van der Waals surface area contributed by atoms with Gasteiger partial charge in [-0.25, -0.2) is 8.42 Å². The summed E-state index contributed by atoms with van der Waals surface area (Å²) in [5.41, 5.74) is 1.18. The van der Waals surface area contributed by atoms with E-state index in [0.29, 0.717) is 30.1 Å². The molecule has 0 aromatic heterocycles. The molecule has 7 heteroatoms. The molecule has 5 nitrogen and oxygen atoms in total. The van der Waals surface area contributed by atoms with Gasteiger partial charge in [0.1, 0.15) is 0 Å². The molecule has 0 saturated carbocycles. The summed E-state index contributed by atoms with van der Waals surface area (Å²) in [4.78, 5) is 12.3. The van der Waals surface area contributed by atoms with Crippen molar-refractivity contribution in [3.8, 4) is 0 Å². The number of sulfonamides is 1. The van der Waals surface area contributed by atoms with Crippen LogP contribution in [0.25, 0.3) is 0 Å². The summed E-state index contributed by atoms with van der Waals surface area (Å²) in [5.74, 6) is 0.195. The van der Waals surface area contributed by atoms with E-state index in [4.69, 9.17) is 0 Å². The Bertz CT molecular complexity index is 676. The molecule has 0 aliphatic rings. The van der Waals surface area contributed by atoms with Crippen LogP contribution in [0.5, 0.6) is 0 Å². The molecule has 0 spiro atoms. The van der Waals surface area contributed by atoms with Crippen LogP contribution in [0.1, 0.15) is 40.2 Å². The molecule has 0 aliphatic carbocycles. The molecule has 0 bridgehead atoms. The van der Waals surface area contributed by atoms with Gasteiger partial charge in [-0.15, -0.1) is 11.8 Å². The molecule has 1 aromatic carbocycles. The van der Waals surface area contributed by atoms with Crippen molar-refractivity contribution in [2.75, 3.05) is 24.2 Å². The molecule has 0 atom stereocenters. The first-order chi connectivity index (χ1) is 11.0. The van der Waals surface area contributed by atoms with E-state index in [0.717, 1.165) is 0 Å². The van der Waals surface area contributed by atoms with Gasteiger partial charge >= 0.3 is 0 Å². The Kier molecular flexibility index (Phi) is 7.31. The zero-order valence-corrected chi connectivity index (χ0v) is 17.0. The second-order valence-corrected chi connectivity index (χ2v) is 10.2. The minimum absolute atomic E-state index is 0.00185. The summed E-state index contributed by atoms with van der Waals surface area (Å²) in [6, 6.07) is 5.00. The van der Waals surface area contributed by atoms with Crippen LogP contribution in [0.15, 0.2) is 23.1 Å². The van der Waals surface area contributed by atoms with Crippen LogP contribution in [0.2, 0.25) is 0 Å². The SMILES string of the molecule is CCN(CC)S(=O)(=O)c1cc(NC(=O)CSC(C)(C)C)ccc1C. The van der Waals surface area contributed by atoms with Gasteiger partial charge in [0.05, 0.1) is 10.6 Å². The van der Waals surface area contributed by atoms with Crippen molar-refractivity contribution in [3.63, 3.8) is 0 Å². The fraction of sp³-hybridized carbons (Fsp3) is 0.588. The van der Waals surface area contributed by atoms with Crippen molar-refractivity contribution in [3.05, 3.63) is 23.8 Å². The number of rotatable bonds is 7. The fourth-order valence-electron chi connectivity index (χ4n) is 2.14. The molecule has 1 aromatic rings. The average molecular weight is 373 g/mol. The molecule has 1 amide bonds. The van der Waals surface area contributed by atoms with Gasteiger partial charge in [0, 0.05) is 23.5 Å². The lowest BCUT2D eigenvalue weighted by Crippen LogP contribution is -2.31. The molecule has 1 N–H and O–H groups in total. The van der Waals surface area contributed by atoms with Gasteiger partial charge in [0.15, 0.2) is 0 Å². The van der Waals surface area contributed by atoms with Crippen molar-refractivity contribution >= 4 is 33.4 Å². The molecular weight excluding hydrogens is 344 g/mol. The third kappa shape index (κ3) is 5.79. The van der Waals surface area contributed by atoms with E-state index < -0.39 is 10.0 Å². The molecule has 0 heterocycles. The third-order valence-corrected chi connectivity index (χ3v) is 6.90. The van der Waals surface area contributed by atoms with Crippen molar-refractivity contribution in [2.45, 2.75) is 51.2 Å². The summed E-state index contributed by atoms with van der Waals surface area (Å²) in [6.45, 7) is 12.4. The van der Waals surface area contributed by atoms with Crippen LogP contribution in [-0.2, 0) is 14.8 Å². The van der Waals surface area contributed by atoms with E-state index in [-0.39, 0.29) is 15.5 Å². The number of carbonyl (C=O) groups excluding carboxylic acids is 1. The predicted molar refractivity (Wildman–Crippen MR) is 102 cm³/mol. The number of aryl methyl sites for hydroxylation is 1. The maximum absolute atomic E-state index is 12.7. The van der Waals surface area contributed by atoms with Crippen LogP contribution in [0, 0.1) is 6.92 Å². The smallest absolute Gasteiger partial charge is 0.243 e. The first-order valence-electron chi connectivity index (χ1n) is 8.06. The number of carbonyl (C=O) groups is 1. The van der Waals surface area contributed by atoms with Gasteiger partial charge in [0.2, 0.25) is 15.9 Å². The van der Waals surface area contributed by atoms with Crippen molar-refractivity contribution in [2.24, 2.45) is 0 Å². The second-order valence-electron chi connectivity index (χ2n) is 6.52. The Morgan fingerprint density at radius 2 is 1.79 bits per heavy atom. The van der Waals surface area contributed by atoms with Crippen molar-refractivity contribution in [1.82, 2.24) is 4.31 Å². The maximum Gasteiger partial charge on any atom is 0.243 e. The number of benzene rings is 1. The first kappa shape index (κ1) is 21.0. The van der Waals surface area contributed by atoms with Gasteiger partial charge in [0.25, 0.3) is 0 Å². The lowest BCUT2D eigenvalue weighted by molar-refractivity contribution is -0.113. The van der Waals surface area contributed by atoms with Crippen LogP contribution in [0.3, 0.4) is 0 Å². The predicted octanol–water partition coefficient (Wildman–Crippen LogP) is 3.50. The lowest BCUT2D eigenvalue weighted by Gasteiger charge is -2.20. The Morgan fingerprint density at radius 3 is 2.29 bits per heavy atom. The van der Waals surface area contributed by atoms with E-state index in [1.165, 1.54) is 4.31 Å². The largest absolute Gasteiger partial charge is 0.325 e. The Balaban J connectivity index is 3.00. The summed E-state index contributed by atoms with van der Waals surface area (Å²) >= 11 is 1.55. The molecule has 24 heavy (non-hydrogen) atoms. The van der Waals surface area contributed by atoms with Crippen LogP contribution >= 0.6 is 11.8 Å². The van der Waals surface area contributed by atoms with E-state index in [2.05, 4.69) is 5.32 Å². The molecule has 0 saturated heterocycles. The van der Waals surface area contributed by atoms with E-state index in [1.807, 2.05) is 34.6 Å². The zero-order valence-electron chi connectivity index (χ0n) is 15.3. The Labute approximate surface area is 150 Å². The topological polar surface area (TPSA) is 66.5 Å². The first-order valence-corrected chi connectivity index (χ1v) is 10.5. The highest BCUT2D eigenvalue weighted by molar-refractivity contribution is 8.01. The molecule has 0 unspecified atom stereocenters. The van der Waals surface area contributed by atoms with Gasteiger partial charge in [-0.1, -0.05) is 40.7 Å². The molecule has 0 fully saturated rings. The molecular formula is C17H28N2O3S2. The van der Waals surface area contributed by atoms with E-state index in [1.54, 1.807) is 36.9 Å². The third-order valence-electron chi connectivity index (χ3n) is 3.43. The number of hydrogen-bond donors (Lipinski definition) is 1. The minimum atomic E-state index is -3.55. The normalized spacial score (nSPS) is 12.5. The van der Waals surface area contributed by atoms with Crippen LogP contribution in [-0.4, -0.2) is 42.2 Å². The summed E-state index contributed by atoms with van der Waals surface area (Å²) in [7, 11) is -3.55. The van der Waals surface area contributed by atoms with E-state index >= 15 is 0 Å². The standard InChI is InChI=1S/C17H28N2O3S2/c1-7-19(8-2)24(21,22)15-11-14(10-9-13(15)3)18-16(20)12-23-17(4,5)6/h9-11H,7-8,12H2,1-6H3,(H,18,20). The van der Waals surface area contributed by atoms with Gasteiger partial charge in [-0.2, -0.15) is 4.31 Å². The number of nitrogens with one attached hydrogen (secondary N) is 1. The van der Waals surface area contributed by atoms with Crippen LogP contribution < -0.4 is 5.32 Å². The quantitative estimate of drug-likeness (QED) is 0.795. The highest BCUT2D eigenvalue weighted by Gasteiger charge is 2.24. The van der Waals surface area contributed by atoms with Crippen LogP contribution in [0.4, 0.5) is 5.69 Å². The highest BCUT2D eigenvalue weighted by atomic mass is 32.2. The Morgan fingerprint density at radius 1 is 1.21 bits per heavy atom. The summed E-state index contributed by atoms with van der Waals surface area (Å²) in [5, 5.41) is 2.79. The molecule has 136 valence electrons. The molecule has 0 radical (unpaired) electrons. The lowest BCUT2D eigenvalue weighted by atomic mass is 10.2. The number of thioether (sulfide) groups is 1. The Hall–Kier alpha value is -1.05. The van der Waals surface area contributed by atoms with Gasteiger partial charge in [-0.3, -0.25) is 4.79 Å². The fourth-order valence-corrected chi connectivity index (χ4v) is 4.48. The zero-order chi connectivity index (χ0) is 18.5. The molecule has 1 rings (SSSR count). The van der Waals surface area contributed by atoms with Gasteiger partial charge in [-0.05, 0) is 24.6 Å². The maximum atomic E-state index is 12.7. The second kappa shape index (κ2) is 8.36. The monoisotopic (exact) mass is 372 g/mol. The van der Waals surface area contributed by atoms with Crippen molar-refractivity contribution in [1.29, 1.82) is 0 Å². The highest BCUT2D eigenvalue weighted by Crippen LogP contribution is 2.25. The molecule has 0 aliphatic heterocycles. The minimum Gasteiger partial charge on any atom is -0.325 e. The summed E-state index contributed by atoms with van der Waals surface area (Å²) in [6.07, 6.45) is 0. The van der Waals surface area contributed by atoms with E-state index in [9.17, 15) is 13.2 Å². The number of hydrogen-bond acceptors (Lipinski definition) is 4. The van der Waals surface area contributed by atoms with Crippen molar-refractivity contribution < 1.29 is 13.2 Å². The number of nitrogens with zero attached hydrogens (tertiary/aromatic N) is 1. The average Bonchev–Trinajstić information content (AvgIpc) is 2.47. The number of amides is 1. The summed E-state index contributed by atoms with van der Waals surface area (Å²) < 4.78 is 26.9. The van der Waals surface area contributed by atoms with Gasteiger partial charge < -0.3 is 5.32 Å². The number of anilines is 1.